The highest BCUT2D eigenvalue weighted by Gasteiger charge is 2.82. The Kier molecular flexibility index (Phi) is 4.61. The van der Waals surface area contributed by atoms with E-state index in [1.807, 2.05) is 13.8 Å². The van der Waals surface area contributed by atoms with Crippen LogP contribution in [0.25, 0.3) is 0 Å². The van der Waals surface area contributed by atoms with E-state index in [4.69, 9.17) is 23.7 Å². The maximum atomic E-state index is 13.2. The van der Waals surface area contributed by atoms with Gasteiger partial charge in [-0.1, -0.05) is 26.0 Å². The lowest BCUT2D eigenvalue weighted by atomic mass is 9.60. The van der Waals surface area contributed by atoms with Crippen LogP contribution in [-0.4, -0.2) is 48.3 Å². The van der Waals surface area contributed by atoms with Crippen molar-refractivity contribution in [3.05, 3.63) is 34.4 Å². The average Bonchev–Trinajstić information content (AvgIpc) is 3.79. The Morgan fingerprint density at radius 2 is 1.77 bits per heavy atom. The number of rotatable bonds is 3. The van der Waals surface area contributed by atoms with Crippen molar-refractivity contribution in [2.24, 2.45) is 46.3 Å². The van der Waals surface area contributed by atoms with Gasteiger partial charge >= 0.3 is 17.9 Å². The van der Waals surface area contributed by atoms with Gasteiger partial charge in [0.1, 0.15) is 11.7 Å². The van der Waals surface area contributed by atoms with Gasteiger partial charge in [0.25, 0.3) is 5.79 Å². The van der Waals surface area contributed by atoms with Crippen molar-refractivity contribution in [3.8, 4) is 0 Å². The lowest BCUT2D eigenvalue weighted by Gasteiger charge is -2.49. The van der Waals surface area contributed by atoms with E-state index >= 15 is 0 Å². The summed E-state index contributed by atoms with van der Waals surface area (Å²) in [5, 5.41) is 0. The third-order valence-corrected chi connectivity index (χ3v) is 12.8. The first kappa shape index (κ1) is 25.3. The van der Waals surface area contributed by atoms with Crippen molar-refractivity contribution in [1.29, 1.82) is 0 Å². The molecule has 8 aliphatic rings. The molecule has 214 valence electrons. The molecule has 8 nitrogen and oxygen atoms in total. The zero-order valence-corrected chi connectivity index (χ0v) is 24.1. The summed E-state index contributed by atoms with van der Waals surface area (Å²) >= 11 is 0. The van der Waals surface area contributed by atoms with Crippen LogP contribution in [0.2, 0.25) is 0 Å². The maximum absolute atomic E-state index is 13.2. The van der Waals surface area contributed by atoms with Crippen LogP contribution < -0.4 is 0 Å². The molecule has 0 amide bonds. The Bertz CT molecular complexity index is 1390. The molecule has 0 radical (unpaired) electrons. The summed E-state index contributed by atoms with van der Waals surface area (Å²) in [5.41, 5.74) is 2.01. The number of carbonyl (C=O) groups is 3. The minimum atomic E-state index is -1.23. The van der Waals surface area contributed by atoms with Crippen LogP contribution in [0, 0.1) is 46.3 Å². The molecule has 12 atom stereocenters. The summed E-state index contributed by atoms with van der Waals surface area (Å²) in [6, 6.07) is 0. The molecule has 2 saturated heterocycles. The Morgan fingerprint density at radius 3 is 2.50 bits per heavy atom. The van der Waals surface area contributed by atoms with Crippen LogP contribution in [0.15, 0.2) is 34.4 Å². The number of hydrogen-bond donors (Lipinski definition) is 0. The summed E-state index contributed by atoms with van der Waals surface area (Å²) in [4.78, 5) is 38.9. The van der Waals surface area contributed by atoms with E-state index in [9.17, 15) is 14.4 Å². The fourth-order valence-corrected chi connectivity index (χ4v) is 10.5. The second kappa shape index (κ2) is 7.30. The molecule has 0 aromatic heterocycles. The molecule has 40 heavy (non-hydrogen) atoms. The summed E-state index contributed by atoms with van der Waals surface area (Å²) in [7, 11) is 0. The molecule has 3 aliphatic heterocycles. The lowest BCUT2D eigenvalue weighted by Crippen LogP contribution is -2.57. The van der Waals surface area contributed by atoms with Crippen molar-refractivity contribution in [2.75, 3.05) is 6.61 Å². The van der Waals surface area contributed by atoms with E-state index in [1.165, 1.54) is 5.57 Å². The first-order chi connectivity index (χ1) is 18.8. The molecule has 7 fully saturated rings. The third kappa shape index (κ3) is 2.61. The van der Waals surface area contributed by atoms with Crippen molar-refractivity contribution < 1.29 is 38.1 Å². The molecule has 5 aliphatic carbocycles. The van der Waals surface area contributed by atoms with Gasteiger partial charge in [-0.05, 0) is 77.0 Å². The second-order valence-corrected chi connectivity index (χ2v) is 14.2. The highest BCUT2D eigenvalue weighted by atomic mass is 16.8. The Hall–Kier alpha value is -2.45. The van der Waals surface area contributed by atoms with Gasteiger partial charge in [0, 0.05) is 45.0 Å². The number of allylic oxidation sites excluding steroid dienone is 1. The number of carbonyl (C=O) groups excluding carboxylic acids is 3. The molecule has 0 aromatic rings. The largest absolute Gasteiger partial charge is 0.463 e. The fraction of sp³-hybridized carbons (Fsp3) is 0.719. The molecular formula is C32H38O8. The van der Waals surface area contributed by atoms with E-state index in [2.05, 4.69) is 20.4 Å². The van der Waals surface area contributed by atoms with E-state index in [-0.39, 0.29) is 41.7 Å². The fourth-order valence-electron chi connectivity index (χ4n) is 10.5. The first-order valence-corrected chi connectivity index (χ1v) is 14.9. The summed E-state index contributed by atoms with van der Waals surface area (Å²) in [5.74, 6) is -1.05. The van der Waals surface area contributed by atoms with Crippen molar-refractivity contribution in [2.45, 2.75) is 91.0 Å². The Balaban J connectivity index is 1.21. The third-order valence-electron chi connectivity index (χ3n) is 12.8. The van der Waals surface area contributed by atoms with Gasteiger partial charge in [-0.25, -0.2) is 14.4 Å². The Morgan fingerprint density at radius 1 is 1.02 bits per heavy atom. The Labute approximate surface area is 234 Å². The predicted octanol–water partition coefficient (Wildman–Crippen LogP) is 4.39. The molecule has 8 heteroatoms. The quantitative estimate of drug-likeness (QED) is 0.221. The van der Waals surface area contributed by atoms with Crippen LogP contribution in [0.5, 0.6) is 0 Å². The van der Waals surface area contributed by atoms with Gasteiger partial charge in [-0.2, -0.15) is 0 Å². The van der Waals surface area contributed by atoms with Gasteiger partial charge in [-0.15, -0.1) is 0 Å². The molecular weight excluding hydrogens is 512 g/mol. The maximum Gasteiger partial charge on any atom is 0.336 e. The zero-order chi connectivity index (χ0) is 28.3. The monoisotopic (exact) mass is 550 g/mol. The lowest BCUT2D eigenvalue weighted by molar-refractivity contribution is -0.239. The molecule has 5 saturated carbocycles. The predicted molar refractivity (Wildman–Crippen MR) is 140 cm³/mol. The van der Waals surface area contributed by atoms with Gasteiger partial charge < -0.3 is 23.7 Å². The van der Waals surface area contributed by atoms with Crippen molar-refractivity contribution in [3.63, 3.8) is 0 Å². The standard InChI is InChI=1S/C32H38O8/c1-8-36-24(33)14(3)17-10-23-30(6,21-12-22(21)31(23,7)38-26(17)35)28-37-27-29(5)18(13(2)16-9-20(16)29)11-19-15(4)25(34)39-32(19,27)40-28/h16,18,20-23,27-28H,2,8-12H2,1,3-7H3/b17-14-/t16-,18+,20-,21-,22+,23-,27+,28+,29-,30+,31+,32-/m1/s1. The van der Waals surface area contributed by atoms with Crippen LogP contribution in [0.3, 0.4) is 0 Å². The number of fused-ring (bicyclic) bond motifs is 7. The average molecular weight is 551 g/mol. The minimum Gasteiger partial charge on any atom is -0.463 e. The zero-order valence-electron chi connectivity index (χ0n) is 24.1. The smallest absolute Gasteiger partial charge is 0.336 e. The first-order valence-electron chi connectivity index (χ1n) is 14.9. The highest BCUT2D eigenvalue weighted by Crippen LogP contribution is 2.78. The molecule has 0 aromatic carbocycles. The minimum absolute atomic E-state index is 0.135. The van der Waals surface area contributed by atoms with Gasteiger partial charge in [0.05, 0.1) is 6.61 Å². The van der Waals surface area contributed by atoms with Crippen LogP contribution in [0.1, 0.15) is 67.2 Å². The van der Waals surface area contributed by atoms with Gasteiger partial charge in [0.15, 0.2) is 6.29 Å². The summed E-state index contributed by atoms with van der Waals surface area (Å²) in [6.07, 6.45) is 2.01. The van der Waals surface area contributed by atoms with Crippen molar-refractivity contribution >= 4 is 17.9 Å². The summed E-state index contributed by atoms with van der Waals surface area (Å²) < 4.78 is 31.7. The molecule has 3 heterocycles. The molecule has 8 rings (SSSR count). The number of hydrogen-bond acceptors (Lipinski definition) is 8. The van der Waals surface area contributed by atoms with Crippen LogP contribution >= 0.6 is 0 Å². The number of ether oxygens (including phenoxy) is 5. The second-order valence-electron chi connectivity index (χ2n) is 14.2. The van der Waals surface area contributed by atoms with Crippen molar-refractivity contribution in [1.82, 2.24) is 0 Å². The van der Waals surface area contributed by atoms with E-state index in [0.29, 0.717) is 41.4 Å². The van der Waals surface area contributed by atoms with E-state index in [0.717, 1.165) is 18.4 Å². The molecule has 0 unspecified atom stereocenters. The van der Waals surface area contributed by atoms with Gasteiger partial charge in [-0.3, -0.25) is 0 Å². The van der Waals surface area contributed by atoms with E-state index < -0.39 is 41.1 Å². The molecule has 1 spiro atoms. The highest BCUT2D eigenvalue weighted by molar-refractivity contribution is 6.00. The normalized spacial score (nSPS) is 54.0. The molecule has 0 N–H and O–H groups in total. The topological polar surface area (TPSA) is 97.4 Å². The summed E-state index contributed by atoms with van der Waals surface area (Å²) in [6.45, 7) is 16.4. The number of esters is 3. The molecule has 0 bridgehead atoms. The van der Waals surface area contributed by atoms with Gasteiger partial charge in [0.2, 0.25) is 0 Å². The van der Waals surface area contributed by atoms with Crippen LogP contribution in [-0.2, 0) is 38.1 Å². The van der Waals surface area contributed by atoms with E-state index in [1.54, 1.807) is 13.8 Å². The SMILES string of the molecule is C=C1[C@H]2C[C@H]2[C@]2(C)[C@@H]3O[C@H]([C@@]4(C)[C@@H]5C[C@@H]5[C@]5(C)OC(=O)/C(=C(/C)C(=O)OCC)C[C@@H]54)O[C@@]34OC(=O)C(C)=C4C[C@@H]12. The van der Waals surface area contributed by atoms with Crippen LogP contribution in [0.4, 0.5) is 0 Å².